The minimum atomic E-state index is -0.836. The van der Waals surface area contributed by atoms with Gasteiger partial charge in [0.2, 0.25) is 0 Å². The normalized spacial score (nSPS) is 17.2. The van der Waals surface area contributed by atoms with Gasteiger partial charge in [-0.3, -0.25) is 0 Å². The van der Waals surface area contributed by atoms with Crippen LogP contribution in [0.25, 0.3) is 0 Å². The molecule has 1 heterocycles. The molecule has 4 heteroatoms. The number of aromatic carboxylic acids is 1. The van der Waals surface area contributed by atoms with Crippen molar-refractivity contribution in [1.82, 2.24) is 5.32 Å². The molecule has 1 aromatic carbocycles. The minimum Gasteiger partial charge on any atom is -0.478 e. The van der Waals surface area contributed by atoms with E-state index in [1.54, 1.807) is 23.9 Å². The van der Waals surface area contributed by atoms with Gasteiger partial charge in [0, 0.05) is 10.1 Å². The highest BCUT2D eigenvalue weighted by atomic mass is 32.2. The molecule has 0 amide bonds. The Bertz CT molecular complexity index is 375. The molecule has 1 aromatic rings. The first-order chi connectivity index (χ1) is 7.77. The van der Waals surface area contributed by atoms with Gasteiger partial charge < -0.3 is 10.4 Å². The van der Waals surface area contributed by atoms with Gasteiger partial charge in [0.15, 0.2) is 0 Å². The Morgan fingerprint density at radius 1 is 1.31 bits per heavy atom. The Labute approximate surface area is 99.2 Å². The van der Waals surface area contributed by atoms with Crippen LogP contribution in [0, 0.1) is 0 Å². The first kappa shape index (κ1) is 11.5. The molecule has 2 N–H and O–H groups in total. The summed E-state index contributed by atoms with van der Waals surface area (Å²) in [5.41, 5.74) is 0.422. The van der Waals surface area contributed by atoms with Crippen molar-refractivity contribution < 1.29 is 9.90 Å². The Morgan fingerprint density at radius 2 is 2.00 bits per heavy atom. The third-order valence-corrected chi connectivity index (χ3v) is 4.11. The average Bonchev–Trinajstić information content (AvgIpc) is 2.31. The smallest absolute Gasteiger partial charge is 0.336 e. The van der Waals surface area contributed by atoms with Crippen molar-refractivity contribution >= 4 is 17.7 Å². The molecule has 86 valence electrons. The Morgan fingerprint density at radius 3 is 2.69 bits per heavy atom. The highest BCUT2D eigenvalue weighted by molar-refractivity contribution is 8.00. The predicted octanol–water partition coefficient (Wildman–Crippen LogP) is 2.23. The second-order valence-electron chi connectivity index (χ2n) is 3.87. The van der Waals surface area contributed by atoms with E-state index in [9.17, 15) is 4.79 Å². The zero-order valence-corrected chi connectivity index (χ0v) is 9.80. The van der Waals surface area contributed by atoms with Crippen molar-refractivity contribution in [3.05, 3.63) is 29.8 Å². The average molecular weight is 237 g/mol. The molecule has 1 fully saturated rings. The minimum absolute atomic E-state index is 0.422. The summed E-state index contributed by atoms with van der Waals surface area (Å²) >= 11 is 1.70. The Balaban J connectivity index is 2.10. The molecule has 1 aliphatic rings. The van der Waals surface area contributed by atoms with Gasteiger partial charge in [-0.25, -0.2) is 4.79 Å². The number of benzene rings is 1. The van der Waals surface area contributed by atoms with Crippen LogP contribution in [0.3, 0.4) is 0 Å². The molecule has 0 aromatic heterocycles. The summed E-state index contributed by atoms with van der Waals surface area (Å²) < 4.78 is 0. The molecule has 1 aliphatic heterocycles. The zero-order chi connectivity index (χ0) is 11.4. The van der Waals surface area contributed by atoms with Crippen LogP contribution in [0.1, 0.15) is 23.2 Å². The summed E-state index contributed by atoms with van der Waals surface area (Å²) in [6.07, 6.45) is 2.22. The van der Waals surface area contributed by atoms with E-state index in [0.717, 1.165) is 30.8 Å². The SMILES string of the molecule is O=C(O)c1ccccc1SC1CCNCC1. The van der Waals surface area contributed by atoms with Crippen LogP contribution in [0.5, 0.6) is 0 Å². The van der Waals surface area contributed by atoms with Crippen molar-refractivity contribution in [2.45, 2.75) is 23.0 Å². The third-order valence-electron chi connectivity index (χ3n) is 2.70. The monoisotopic (exact) mass is 237 g/mol. The maximum atomic E-state index is 11.0. The lowest BCUT2D eigenvalue weighted by Gasteiger charge is -2.22. The van der Waals surface area contributed by atoms with Crippen LogP contribution in [0.2, 0.25) is 0 Å². The molecule has 0 spiro atoms. The van der Waals surface area contributed by atoms with Crippen molar-refractivity contribution in [1.29, 1.82) is 0 Å². The number of thioether (sulfide) groups is 1. The summed E-state index contributed by atoms with van der Waals surface area (Å²) in [5.74, 6) is -0.836. The van der Waals surface area contributed by atoms with E-state index in [-0.39, 0.29) is 0 Å². The quantitative estimate of drug-likeness (QED) is 0.846. The lowest BCUT2D eigenvalue weighted by Crippen LogP contribution is -2.29. The van der Waals surface area contributed by atoms with Gasteiger partial charge in [0.25, 0.3) is 0 Å². The van der Waals surface area contributed by atoms with E-state index in [1.165, 1.54) is 0 Å². The molecule has 0 unspecified atom stereocenters. The zero-order valence-electron chi connectivity index (χ0n) is 8.98. The highest BCUT2D eigenvalue weighted by Gasteiger charge is 2.17. The number of nitrogens with one attached hydrogen (secondary N) is 1. The number of rotatable bonds is 3. The number of hydrogen-bond acceptors (Lipinski definition) is 3. The summed E-state index contributed by atoms with van der Waals surface area (Å²) in [6, 6.07) is 7.24. The third kappa shape index (κ3) is 2.77. The summed E-state index contributed by atoms with van der Waals surface area (Å²) in [4.78, 5) is 11.9. The van der Waals surface area contributed by atoms with Crippen LogP contribution in [0.4, 0.5) is 0 Å². The van der Waals surface area contributed by atoms with Crippen LogP contribution in [-0.2, 0) is 0 Å². The fourth-order valence-electron chi connectivity index (χ4n) is 1.84. The molecule has 16 heavy (non-hydrogen) atoms. The number of carboxylic acids is 1. The fourth-order valence-corrected chi connectivity index (χ4v) is 3.11. The molecule has 0 radical (unpaired) electrons. The summed E-state index contributed by atoms with van der Waals surface area (Å²) in [5, 5.41) is 12.9. The molecule has 0 saturated carbocycles. The van der Waals surface area contributed by atoms with Crippen LogP contribution >= 0.6 is 11.8 Å². The van der Waals surface area contributed by atoms with E-state index in [0.29, 0.717) is 10.8 Å². The van der Waals surface area contributed by atoms with E-state index < -0.39 is 5.97 Å². The first-order valence-corrected chi connectivity index (χ1v) is 6.35. The number of carboxylic acid groups (broad SMARTS) is 1. The topological polar surface area (TPSA) is 49.3 Å². The molecule has 1 saturated heterocycles. The second kappa shape index (κ2) is 5.37. The van der Waals surface area contributed by atoms with E-state index in [2.05, 4.69) is 5.32 Å². The Hall–Kier alpha value is -1.00. The van der Waals surface area contributed by atoms with E-state index in [4.69, 9.17) is 5.11 Å². The lowest BCUT2D eigenvalue weighted by atomic mass is 10.2. The summed E-state index contributed by atoms with van der Waals surface area (Å²) in [7, 11) is 0. The van der Waals surface area contributed by atoms with Crippen LogP contribution in [0.15, 0.2) is 29.2 Å². The van der Waals surface area contributed by atoms with Crippen LogP contribution < -0.4 is 5.32 Å². The second-order valence-corrected chi connectivity index (χ2v) is 5.21. The fraction of sp³-hybridized carbons (Fsp3) is 0.417. The largest absolute Gasteiger partial charge is 0.478 e. The van der Waals surface area contributed by atoms with Crippen molar-refractivity contribution in [2.75, 3.05) is 13.1 Å². The molecule has 0 bridgehead atoms. The molecule has 0 atom stereocenters. The number of piperidine rings is 1. The predicted molar refractivity (Wildman–Crippen MR) is 65.2 cm³/mol. The van der Waals surface area contributed by atoms with Gasteiger partial charge in [0.05, 0.1) is 5.56 Å². The maximum Gasteiger partial charge on any atom is 0.336 e. The van der Waals surface area contributed by atoms with Crippen molar-refractivity contribution in [3.8, 4) is 0 Å². The molecular formula is C12H15NO2S. The summed E-state index contributed by atoms with van der Waals surface area (Å²) in [6.45, 7) is 2.07. The number of hydrogen-bond donors (Lipinski definition) is 2. The van der Waals surface area contributed by atoms with E-state index in [1.807, 2.05) is 12.1 Å². The van der Waals surface area contributed by atoms with Gasteiger partial charge in [-0.2, -0.15) is 0 Å². The van der Waals surface area contributed by atoms with Crippen LogP contribution in [-0.4, -0.2) is 29.4 Å². The van der Waals surface area contributed by atoms with Gasteiger partial charge in [0.1, 0.15) is 0 Å². The van der Waals surface area contributed by atoms with Gasteiger partial charge in [-0.15, -0.1) is 11.8 Å². The van der Waals surface area contributed by atoms with E-state index >= 15 is 0 Å². The maximum absolute atomic E-state index is 11.0. The molecule has 0 aliphatic carbocycles. The number of carbonyl (C=O) groups is 1. The van der Waals surface area contributed by atoms with Crippen molar-refractivity contribution in [3.63, 3.8) is 0 Å². The van der Waals surface area contributed by atoms with Gasteiger partial charge in [-0.05, 0) is 38.1 Å². The molecular weight excluding hydrogens is 222 g/mol. The highest BCUT2D eigenvalue weighted by Crippen LogP contribution is 2.31. The molecule has 2 rings (SSSR count). The first-order valence-electron chi connectivity index (χ1n) is 5.47. The Kier molecular flexibility index (Phi) is 3.85. The standard InChI is InChI=1S/C12H15NO2S/c14-12(15)10-3-1-2-4-11(10)16-9-5-7-13-8-6-9/h1-4,9,13H,5-8H2,(H,14,15). The molecule has 3 nitrogen and oxygen atoms in total. The van der Waals surface area contributed by atoms with Crippen molar-refractivity contribution in [2.24, 2.45) is 0 Å². The lowest BCUT2D eigenvalue weighted by molar-refractivity contribution is 0.0693. The van der Waals surface area contributed by atoms with Gasteiger partial charge in [-0.1, -0.05) is 12.1 Å². The van der Waals surface area contributed by atoms with Gasteiger partial charge >= 0.3 is 5.97 Å².